The molecule has 0 saturated heterocycles. The van der Waals surface area contributed by atoms with Gasteiger partial charge in [0, 0.05) is 18.9 Å². The van der Waals surface area contributed by atoms with Gasteiger partial charge in [-0.1, -0.05) is 13.8 Å². The van der Waals surface area contributed by atoms with E-state index in [0.717, 1.165) is 0 Å². The molecule has 0 unspecified atom stereocenters. The third kappa shape index (κ3) is 5.14. The first kappa shape index (κ1) is 12.4. The monoisotopic (exact) mass is 197 g/mol. The number of rotatable bonds is 4. The number of nitrogens with zero attached hydrogens (tertiary/aromatic N) is 1. The van der Waals surface area contributed by atoms with Gasteiger partial charge < -0.3 is 10.1 Å². The van der Waals surface area contributed by atoms with Crippen LogP contribution in [0.5, 0.6) is 0 Å². The van der Waals surface area contributed by atoms with E-state index in [1.54, 1.807) is 6.07 Å². The van der Waals surface area contributed by atoms with E-state index in [1.165, 1.54) is 7.05 Å². The van der Waals surface area contributed by atoms with E-state index in [-0.39, 0.29) is 17.7 Å². The van der Waals surface area contributed by atoms with Gasteiger partial charge in [-0.05, 0) is 0 Å². The van der Waals surface area contributed by atoms with Crippen LogP contribution >= 0.6 is 0 Å². The summed E-state index contributed by atoms with van der Waals surface area (Å²) in [5.41, 5.74) is -0.380. The summed E-state index contributed by atoms with van der Waals surface area (Å²) in [6.45, 7) is 3.86. The first-order valence-corrected chi connectivity index (χ1v) is 4.23. The van der Waals surface area contributed by atoms with Crippen LogP contribution in [0.25, 0.3) is 0 Å². The normalized spacial score (nSPS) is 10.1. The molecule has 1 amide bonds. The maximum atomic E-state index is 10.8. The summed E-state index contributed by atoms with van der Waals surface area (Å²) in [5, 5.41) is 18.0. The van der Waals surface area contributed by atoms with Crippen molar-refractivity contribution in [3.05, 3.63) is 0 Å². The Balaban J connectivity index is 4.02. The fourth-order valence-corrected chi connectivity index (χ4v) is 0.902. The van der Waals surface area contributed by atoms with Gasteiger partial charge in [0.05, 0.1) is 6.61 Å². The zero-order valence-electron chi connectivity index (χ0n) is 8.68. The Bertz CT molecular complexity index is 266. The van der Waals surface area contributed by atoms with Crippen LogP contribution in [-0.4, -0.2) is 25.5 Å². The average molecular weight is 197 g/mol. The highest BCUT2D eigenvalue weighted by Crippen LogP contribution is 2.20. The van der Waals surface area contributed by atoms with Gasteiger partial charge in [-0.25, -0.2) is 4.79 Å². The topological polar surface area (TPSA) is 86.0 Å². The minimum atomic E-state index is -0.499. The summed E-state index contributed by atoms with van der Waals surface area (Å²) < 4.78 is 4.85. The fourth-order valence-electron chi connectivity index (χ4n) is 0.902. The average Bonchev–Trinajstić information content (AvgIpc) is 2.13. The number of amides is 1. The molecule has 5 nitrogen and oxygen atoms in total. The van der Waals surface area contributed by atoms with E-state index in [2.05, 4.69) is 5.32 Å². The second-order valence-corrected chi connectivity index (χ2v) is 3.76. The van der Waals surface area contributed by atoms with Crippen molar-refractivity contribution < 1.29 is 9.53 Å². The van der Waals surface area contributed by atoms with Crippen molar-refractivity contribution in [2.75, 3.05) is 13.7 Å². The second kappa shape index (κ2) is 5.22. The van der Waals surface area contributed by atoms with Crippen LogP contribution in [0.4, 0.5) is 4.79 Å². The molecule has 14 heavy (non-hydrogen) atoms. The van der Waals surface area contributed by atoms with Crippen LogP contribution in [0.15, 0.2) is 0 Å². The molecule has 0 heterocycles. The first-order valence-electron chi connectivity index (χ1n) is 4.23. The van der Waals surface area contributed by atoms with Crippen molar-refractivity contribution >= 4 is 11.8 Å². The van der Waals surface area contributed by atoms with Gasteiger partial charge in [-0.3, -0.25) is 5.41 Å². The van der Waals surface area contributed by atoms with Crippen molar-refractivity contribution in [1.82, 2.24) is 5.32 Å². The van der Waals surface area contributed by atoms with Crippen LogP contribution < -0.4 is 5.32 Å². The maximum absolute atomic E-state index is 10.8. The molecule has 0 spiro atoms. The minimum absolute atomic E-state index is 0.00416. The number of nitrogens with one attached hydrogen (secondary N) is 2. The summed E-state index contributed by atoms with van der Waals surface area (Å²) in [5.74, 6) is 0. The van der Waals surface area contributed by atoms with Gasteiger partial charge in [0.2, 0.25) is 0 Å². The van der Waals surface area contributed by atoms with E-state index in [4.69, 9.17) is 15.4 Å². The molecule has 0 aromatic carbocycles. The minimum Gasteiger partial charge on any atom is -0.449 e. The Hall–Kier alpha value is -1.57. The molecule has 0 aliphatic heterocycles. The van der Waals surface area contributed by atoms with Gasteiger partial charge >= 0.3 is 6.09 Å². The van der Waals surface area contributed by atoms with Gasteiger partial charge in [-0.15, -0.1) is 0 Å². The smallest absolute Gasteiger partial charge is 0.406 e. The molecule has 0 rings (SSSR count). The molecule has 2 N–H and O–H groups in total. The van der Waals surface area contributed by atoms with E-state index in [9.17, 15) is 4.79 Å². The molecule has 0 aromatic heterocycles. The van der Waals surface area contributed by atoms with Crippen molar-refractivity contribution in [2.45, 2.75) is 20.3 Å². The van der Waals surface area contributed by atoms with E-state index in [0.29, 0.717) is 6.42 Å². The predicted molar refractivity (Wildman–Crippen MR) is 52.1 cm³/mol. The Morgan fingerprint density at radius 3 is 2.64 bits per heavy atom. The largest absolute Gasteiger partial charge is 0.449 e. The molecule has 0 bridgehead atoms. The third-order valence-corrected chi connectivity index (χ3v) is 1.59. The lowest BCUT2D eigenvalue weighted by atomic mass is 9.88. The predicted octanol–water partition coefficient (Wildman–Crippen LogP) is 1.30. The third-order valence-electron chi connectivity index (χ3n) is 1.59. The van der Waals surface area contributed by atoms with Crippen LogP contribution in [-0.2, 0) is 4.74 Å². The maximum Gasteiger partial charge on any atom is 0.406 e. The standard InChI is InChI=1S/C9H15N3O2/c1-9(2,4-7(11)5-10)6-14-8(13)12-3/h11H,4,6H2,1-3H3,(H,12,13). The molecule has 0 radical (unpaired) electrons. The van der Waals surface area contributed by atoms with Gasteiger partial charge in [0.25, 0.3) is 0 Å². The van der Waals surface area contributed by atoms with Crippen LogP contribution in [0.2, 0.25) is 0 Å². The first-order chi connectivity index (χ1) is 6.41. The summed E-state index contributed by atoms with van der Waals surface area (Å²) in [6.07, 6.45) is -0.193. The van der Waals surface area contributed by atoms with Crippen molar-refractivity contribution in [3.8, 4) is 6.07 Å². The quantitative estimate of drug-likeness (QED) is 0.666. The van der Waals surface area contributed by atoms with E-state index >= 15 is 0 Å². The lowest BCUT2D eigenvalue weighted by Gasteiger charge is -2.22. The summed E-state index contributed by atoms with van der Waals surface area (Å²) in [6, 6.07) is 1.75. The highest BCUT2D eigenvalue weighted by Gasteiger charge is 2.22. The number of nitriles is 1. The van der Waals surface area contributed by atoms with Crippen LogP contribution in [0, 0.1) is 22.2 Å². The Kier molecular flexibility index (Phi) is 4.64. The lowest BCUT2D eigenvalue weighted by molar-refractivity contribution is 0.103. The van der Waals surface area contributed by atoms with Gasteiger partial charge in [0.1, 0.15) is 11.8 Å². The summed E-state index contributed by atoms with van der Waals surface area (Å²) in [4.78, 5) is 10.8. The molecular formula is C9H15N3O2. The van der Waals surface area contributed by atoms with Crippen molar-refractivity contribution in [1.29, 1.82) is 10.7 Å². The number of hydrogen-bond donors (Lipinski definition) is 2. The highest BCUT2D eigenvalue weighted by atomic mass is 16.5. The SMILES string of the molecule is CNC(=O)OCC(C)(C)CC(=N)C#N. The Morgan fingerprint density at radius 1 is 1.64 bits per heavy atom. The lowest BCUT2D eigenvalue weighted by Crippen LogP contribution is -2.28. The number of carbonyl (C=O) groups is 1. The molecule has 0 fully saturated rings. The van der Waals surface area contributed by atoms with E-state index < -0.39 is 6.09 Å². The molecule has 78 valence electrons. The number of alkyl carbamates (subject to hydrolysis) is 1. The van der Waals surface area contributed by atoms with Crippen molar-refractivity contribution in [2.24, 2.45) is 5.41 Å². The molecule has 0 aliphatic rings. The second-order valence-electron chi connectivity index (χ2n) is 3.76. The zero-order valence-corrected chi connectivity index (χ0v) is 8.68. The van der Waals surface area contributed by atoms with Crippen molar-refractivity contribution in [3.63, 3.8) is 0 Å². The molecular weight excluding hydrogens is 182 g/mol. The van der Waals surface area contributed by atoms with Gasteiger partial charge in [0.15, 0.2) is 0 Å². The van der Waals surface area contributed by atoms with Gasteiger partial charge in [-0.2, -0.15) is 5.26 Å². The van der Waals surface area contributed by atoms with Crippen LogP contribution in [0.3, 0.4) is 0 Å². The molecule has 5 heteroatoms. The Labute approximate surface area is 83.6 Å². The summed E-state index contributed by atoms with van der Waals surface area (Å²) in [7, 11) is 1.48. The number of ether oxygens (including phenoxy) is 1. The zero-order chi connectivity index (χ0) is 11.2. The molecule has 0 aliphatic carbocycles. The number of hydrogen-bond acceptors (Lipinski definition) is 4. The molecule has 0 atom stereocenters. The van der Waals surface area contributed by atoms with E-state index in [1.807, 2.05) is 13.8 Å². The summed E-state index contributed by atoms with van der Waals surface area (Å²) >= 11 is 0. The number of carbonyl (C=O) groups excluding carboxylic acids is 1. The fraction of sp³-hybridized carbons (Fsp3) is 0.667. The highest BCUT2D eigenvalue weighted by molar-refractivity contribution is 5.96. The Morgan fingerprint density at radius 2 is 2.21 bits per heavy atom. The van der Waals surface area contributed by atoms with Crippen LogP contribution in [0.1, 0.15) is 20.3 Å². The molecule has 0 aromatic rings. The molecule has 0 saturated carbocycles.